The van der Waals surface area contributed by atoms with Gasteiger partial charge in [0.2, 0.25) is 0 Å². The van der Waals surface area contributed by atoms with Gasteiger partial charge in [0.15, 0.2) is 0 Å². The van der Waals surface area contributed by atoms with Crippen molar-refractivity contribution >= 4 is 12.1 Å². The van der Waals surface area contributed by atoms with Crippen molar-refractivity contribution in [3.05, 3.63) is 35.9 Å². The van der Waals surface area contributed by atoms with E-state index in [4.69, 9.17) is 37.9 Å². The molecule has 0 saturated carbocycles. The highest BCUT2D eigenvalue weighted by Gasteiger charge is 2.09. The van der Waals surface area contributed by atoms with Gasteiger partial charge in [-0.2, -0.15) is 0 Å². The number of carbonyl (C=O) groups is 2. The van der Waals surface area contributed by atoms with E-state index in [0.29, 0.717) is 85.8 Å². The number of rotatable bonds is 23. The average Bonchev–Trinajstić information content (AvgIpc) is 2.89. The van der Waals surface area contributed by atoms with Crippen LogP contribution in [0, 0.1) is 0 Å². The Morgan fingerprint density at radius 3 is 1.64 bits per heavy atom. The number of ether oxygens (including phenoxy) is 8. The summed E-state index contributed by atoms with van der Waals surface area (Å²) in [6, 6.07) is 9.54. The van der Waals surface area contributed by atoms with Crippen LogP contribution in [0.15, 0.2) is 30.3 Å². The topological polar surface area (TPSA) is 111 Å². The Labute approximate surface area is 213 Å². The maximum absolute atomic E-state index is 11.9. The summed E-state index contributed by atoms with van der Waals surface area (Å²) in [7, 11) is 1.67. The minimum Gasteiger partial charge on any atom is -0.464 e. The monoisotopic (exact) mass is 515 g/mol. The van der Waals surface area contributed by atoms with Crippen LogP contribution in [0.5, 0.6) is 0 Å². The molecule has 0 heterocycles. The van der Waals surface area contributed by atoms with Gasteiger partial charge in [0, 0.05) is 13.6 Å². The summed E-state index contributed by atoms with van der Waals surface area (Å²) in [6.07, 6.45) is -0.384. The first-order valence-corrected chi connectivity index (χ1v) is 12.2. The van der Waals surface area contributed by atoms with Crippen molar-refractivity contribution < 1.29 is 47.5 Å². The number of hydrogen-bond acceptors (Lipinski definition) is 10. The minimum atomic E-state index is -0.384. The molecular weight excluding hydrogens is 474 g/mol. The molecule has 1 rings (SSSR count). The van der Waals surface area contributed by atoms with Crippen LogP contribution >= 0.6 is 0 Å². The molecule has 0 aromatic heterocycles. The number of amides is 1. The van der Waals surface area contributed by atoms with Crippen LogP contribution in [0.1, 0.15) is 12.5 Å². The lowest BCUT2D eigenvalue weighted by Crippen LogP contribution is -2.31. The summed E-state index contributed by atoms with van der Waals surface area (Å²) >= 11 is 0. The molecule has 1 aromatic rings. The molecule has 0 fully saturated rings. The second-order valence-corrected chi connectivity index (χ2v) is 7.38. The Kier molecular flexibility index (Phi) is 20.4. The van der Waals surface area contributed by atoms with Crippen molar-refractivity contribution in [3.8, 4) is 0 Å². The largest absolute Gasteiger partial charge is 0.464 e. The molecular formula is C25H41NO10. The smallest absolute Gasteiger partial charge is 0.409 e. The van der Waals surface area contributed by atoms with Gasteiger partial charge < -0.3 is 42.8 Å². The molecule has 0 atom stereocenters. The van der Waals surface area contributed by atoms with Gasteiger partial charge in [-0.3, -0.25) is 0 Å². The van der Waals surface area contributed by atoms with E-state index in [1.54, 1.807) is 14.0 Å². The van der Waals surface area contributed by atoms with E-state index in [0.717, 1.165) is 5.56 Å². The first kappa shape index (κ1) is 31.7. The van der Waals surface area contributed by atoms with E-state index in [2.05, 4.69) is 0 Å². The third kappa shape index (κ3) is 19.0. The van der Waals surface area contributed by atoms with Gasteiger partial charge in [-0.1, -0.05) is 30.3 Å². The Balaban J connectivity index is 1.76. The quantitative estimate of drug-likeness (QED) is 0.158. The Hall–Kier alpha value is -2.28. The minimum absolute atomic E-state index is 0.0622. The summed E-state index contributed by atoms with van der Waals surface area (Å²) in [4.78, 5) is 24.5. The molecule has 0 N–H and O–H groups in total. The highest BCUT2D eigenvalue weighted by Crippen LogP contribution is 2.02. The van der Waals surface area contributed by atoms with Crippen LogP contribution in [0.4, 0.5) is 4.79 Å². The fourth-order valence-corrected chi connectivity index (χ4v) is 2.58. The number of nitrogens with zero attached hydrogens (tertiary/aromatic N) is 1. The van der Waals surface area contributed by atoms with E-state index < -0.39 is 0 Å². The maximum atomic E-state index is 11.9. The van der Waals surface area contributed by atoms with Crippen molar-refractivity contribution in [2.24, 2.45) is 0 Å². The summed E-state index contributed by atoms with van der Waals surface area (Å²) in [5, 5.41) is 0. The molecule has 0 spiro atoms. The van der Waals surface area contributed by atoms with Crippen LogP contribution in [0.25, 0.3) is 0 Å². The zero-order valence-electron chi connectivity index (χ0n) is 21.5. The second-order valence-electron chi connectivity index (χ2n) is 7.38. The van der Waals surface area contributed by atoms with Crippen molar-refractivity contribution in [1.29, 1.82) is 0 Å². The number of likely N-dealkylation sites (N-methyl/N-ethyl adjacent to an activating group) is 1. The first-order chi connectivity index (χ1) is 17.6. The van der Waals surface area contributed by atoms with Gasteiger partial charge in [0.25, 0.3) is 0 Å². The normalized spacial score (nSPS) is 10.8. The zero-order chi connectivity index (χ0) is 26.1. The zero-order valence-corrected chi connectivity index (χ0v) is 21.5. The third-order valence-electron chi connectivity index (χ3n) is 4.47. The predicted octanol–water partition coefficient (Wildman–Crippen LogP) is 1.92. The van der Waals surface area contributed by atoms with E-state index in [9.17, 15) is 9.59 Å². The molecule has 11 nitrogen and oxygen atoms in total. The highest BCUT2D eigenvalue weighted by atomic mass is 16.6. The van der Waals surface area contributed by atoms with E-state index in [-0.39, 0.29) is 25.3 Å². The number of hydrogen-bond donors (Lipinski definition) is 0. The molecule has 0 radical (unpaired) electrons. The van der Waals surface area contributed by atoms with Crippen molar-refractivity contribution in [2.75, 3.05) is 99.5 Å². The second kappa shape index (κ2) is 23.1. The Bertz CT molecular complexity index is 661. The Morgan fingerprint density at radius 1 is 0.667 bits per heavy atom. The van der Waals surface area contributed by atoms with Crippen LogP contribution < -0.4 is 0 Å². The highest BCUT2D eigenvalue weighted by molar-refractivity contribution is 5.70. The fraction of sp³-hybridized carbons (Fsp3) is 0.680. The lowest BCUT2D eigenvalue weighted by molar-refractivity contribution is -0.149. The predicted molar refractivity (Wildman–Crippen MR) is 131 cm³/mol. The standard InChI is InChI=1S/C25H41NO10/c1-3-35-24(27)22-34-20-19-33-18-17-32-16-15-31-14-13-30-12-11-29-10-9-26(2)25(28)36-21-23-7-5-4-6-8-23/h4-8H,3,9-22H2,1-2H3. The molecule has 1 aromatic carbocycles. The molecule has 0 aliphatic carbocycles. The van der Waals surface area contributed by atoms with Crippen LogP contribution in [-0.2, 0) is 49.3 Å². The van der Waals surface area contributed by atoms with Crippen LogP contribution in [-0.4, -0.2) is 116 Å². The molecule has 11 heteroatoms. The van der Waals surface area contributed by atoms with Crippen molar-refractivity contribution in [1.82, 2.24) is 4.90 Å². The van der Waals surface area contributed by atoms with E-state index in [1.165, 1.54) is 4.90 Å². The molecule has 206 valence electrons. The maximum Gasteiger partial charge on any atom is 0.409 e. The van der Waals surface area contributed by atoms with Crippen LogP contribution in [0.3, 0.4) is 0 Å². The van der Waals surface area contributed by atoms with E-state index in [1.807, 2.05) is 30.3 Å². The van der Waals surface area contributed by atoms with E-state index >= 15 is 0 Å². The number of esters is 1. The molecule has 36 heavy (non-hydrogen) atoms. The average molecular weight is 516 g/mol. The SMILES string of the molecule is CCOC(=O)COCCOCCOCCOCCOCCOCCN(C)C(=O)OCc1ccccc1. The summed E-state index contributed by atoms with van der Waals surface area (Å²) in [5.41, 5.74) is 0.946. The third-order valence-corrected chi connectivity index (χ3v) is 4.47. The van der Waals surface area contributed by atoms with Gasteiger partial charge in [0.1, 0.15) is 13.2 Å². The van der Waals surface area contributed by atoms with Gasteiger partial charge in [-0.25, -0.2) is 9.59 Å². The molecule has 0 aliphatic rings. The molecule has 0 bridgehead atoms. The van der Waals surface area contributed by atoms with Gasteiger partial charge in [0.05, 0.1) is 79.3 Å². The van der Waals surface area contributed by atoms with Crippen molar-refractivity contribution in [2.45, 2.75) is 13.5 Å². The summed E-state index contributed by atoms with van der Waals surface area (Å²) < 4.78 is 42.2. The summed E-state index contributed by atoms with van der Waals surface area (Å²) in [6.45, 7) is 7.47. The van der Waals surface area contributed by atoms with Crippen molar-refractivity contribution in [3.63, 3.8) is 0 Å². The van der Waals surface area contributed by atoms with Gasteiger partial charge in [-0.15, -0.1) is 0 Å². The first-order valence-electron chi connectivity index (χ1n) is 12.2. The van der Waals surface area contributed by atoms with Gasteiger partial charge in [-0.05, 0) is 12.5 Å². The lowest BCUT2D eigenvalue weighted by atomic mass is 10.2. The fourth-order valence-electron chi connectivity index (χ4n) is 2.58. The Morgan fingerprint density at radius 2 is 1.14 bits per heavy atom. The molecule has 1 amide bonds. The molecule has 0 aliphatic heterocycles. The lowest BCUT2D eigenvalue weighted by Gasteiger charge is -2.17. The molecule has 0 saturated heterocycles. The summed E-state index contributed by atoms with van der Waals surface area (Å²) in [5.74, 6) is -0.376. The number of benzene rings is 1. The van der Waals surface area contributed by atoms with Crippen LogP contribution in [0.2, 0.25) is 0 Å². The van der Waals surface area contributed by atoms with Gasteiger partial charge >= 0.3 is 12.1 Å². The number of carbonyl (C=O) groups excluding carboxylic acids is 2. The molecule has 0 unspecified atom stereocenters.